The van der Waals surface area contributed by atoms with Gasteiger partial charge in [-0.2, -0.15) is 0 Å². The van der Waals surface area contributed by atoms with Crippen molar-refractivity contribution >= 4 is 10.8 Å². The van der Waals surface area contributed by atoms with Crippen LogP contribution in [0.4, 0.5) is 0 Å². The number of rotatable bonds is 3. The van der Waals surface area contributed by atoms with Gasteiger partial charge < -0.3 is 10.8 Å². The Kier molecular flexibility index (Phi) is 2.84. The molecule has 3 rings (SSSR count). The van der Waals surface area contributed by atoms with Crippen LogP contribution in [0.15, 0.2) is 42.5 Å². The predicted molar refractivity (Wildman–Crippen MR) is 74.2 cm³/mol. The lowest BCUT2D eigenvalue weighted by atomic mass is 9.63. The van der Waals surface area contributed by atoms with Gasteiger partial charge in [0.2, 0.25) is 0 Å². The van der Waals surface area contributed by atoms with Gasteiger partial charge in [0, 0.05) is 11.5 Å². The number of fused-ring (bicyclic) bond motifs is 1. The van der Waals surface area contributed by atoms with Crippen LogP contribution in [0.25, 0.3) is 10.8 Å². The highest BCUT2D eigenvalue weighted by Gasteiger charge is 2.42. The molecule has 2 aromatic carbocycles. The maximum absolute atomic E-state index is 9.60. The van der Waals surface area contributed by atoms with Crippen molar-refractivity contribution in [1.29, 1.82) is 0 Å². The number of aliphatic hydroxyl groups excluding tert-OH is 1. The summed E-state index contributed by atoms with van der Waals surface area (Å²) >= 11 is 0. The lowest BCUT2D eigenvalue weighted by Gasteiger charge is -2.45. The summed E-state index contributed by atoms with van der Waals surface area (Å²) in [5.74, 6) is 0. The van der Waals surface area contributed by atoms with E-state index < -0.39 is 0 Å². The van der Waals surface area contributed by atoms with Gasteiger partial charge >= 0.3 is 0 Å². The van der Waals surface area contributed by atoms with Crippen LogP contribution in [-0.2, 0) is 0 Å². The normalized spacial score (nSPS) is 19.4. The summed E-state index contributed by atoms with van der Waals surface area (Å²) in [4.78, 5) is 0. The summed E-state index contributed by atoms with van der Waals surface area (Å²) in [5, 5.41) is 12.1. The van der Waals surface area contributed by atoms with Crippen LogP contribution in [0.1, 0.15) is 30.9 Å². The minimum atomic E-state index is -0.0809. The molecule has 1 unspecified atom stereocenters. The van der Waals surface area contributed by atoms with Gasteiger partial charge in [0.05, 0.1) is 6.61 Å². The van der Waals surface area contributed by atoms with Gasteiger partial charge in [0.15, 0.2) is 0 Å². The second-order valence-electron chi connectivity index (χ2n) is 5.46. The maximum Gasteiger partial charge on any atom is 0.0505 e. The molecule has 1 aliphatic carbocycles. The van der Waals surface area contributed by atoms with Crippen LogP contribution in [-0.4, -0.2) is 11.7 Å². The van der Waals surface area contributed by atoms with E-state index in [1.807, 2.05) is 12.1 Å². The largest absolute Gasteiger partial charge is 0.396 e. The van der Waals surface area contributed by atoms with Crippen molar-refractivity contribution in [3.63, 3.8) is 0 Å². The van der Waals surface area contributed by atoms with Gasteiger partial charge in [-0.1, -0.05) is 42.8 Å². The Morgan fingerprint density at radius 2 is 1.83 bits per heavy atom. The Morgan fingerprint density at radius 3 is 2.44 bits per heavy atom. The van der Waals surface area contributed by atoms with E-state index in [0.717, 1.165) is 18.4 Å². The third-order valence-corrected chi connectivity index (χ3v) is 4.46. The predicted octanol–water partition coefficient (Wildman–Crippen LogP) is 3.00. The molecule has 1 atom stereocenters. The number of aliphatic hydroxyl groups is 1. The molecule has 2 nitrogen and oxygen atoms in total. The number of benzene rings is 2. The van der Waals surface area contributed by atoms with Crippen molar-refractivity contribution < 1.29 is 5.11 Å². The van der Waals surface area contributed by atoms with E-state index in [1.165, 1.54) is 17.2 Å². The van der Waals surface area contributed by atoms with E-state index >= 15 is 0 Å². The molecule has 94 valence electrons. The molecule has 0 saturated heterocycles. The van der Waals surface area contributed by atoms with Crippen molar-refractivity contribution in [2.75, 3.05) is 6.61 Å². The van der Waals surface area contributed by atoms with Crippen LogP contribution in [0.3, 0.4) is 0 Å². The molecule has 1 aliphatic rings. The van der Waals surface area contributed by atoms with Gasteiger partial charge in [-0.15, -0.1) is 0 Å². The van der Waals surface area contributed by atoms with Crippen molar-refractivity contribution in [2.24, 2.45) is 11.1 Å². The maximum atomic E-state index is 9.60. The van der Waals surface area contributed by atoms with Gasteiger partial charge in [-0.05, 0) is 35.2 Å². The second-order valence-corrected chi connectivity index (χ2v) is 5.46. The topological polar surface area (TPSA) is 46.2 Å². The third kappa shape index (κ3) is 1.73. The minimum absolute atomic E-state index is 0.0548. The second kappa shape index (κ2) is 4.38. The molecule has 1 saturated carbocycles. The number of hydrogen-bond acceptors (Lipinski definition) is 2. The first-order valence-electron chi connectivity index (χ1n) is 6.60. The summed E-state index contributed by atoms with van der Waals surface area (Å²) in [5.41, 5.74) is 7.44. The van der Waals surface area contributed by atoms with Crippen molar-refractivity contribution in [3.05, 3.63) is 48.0 Å². The number of nitrogens with two attached hydrogens (primary N) is 1. The molecular weight excluding hydrogens is 222 g/mol. The van der Waals surface area contributed by atoms with Crippen LogP contribution in [0.2, 0.25) is 0 Å². The number of hydrogen-bond donors (Lipinski definition) is 2. The summed E-state index contributed by atoms with van der Waals surface area (Å²) < 4.78 is 0. The van der Waals surface area contributed by atoms with Crippen molar-refractivity contribution in [3.8, 4) is 0 Å². The molecule has 2 heteroatoms. The van der Waals surface area contributed by atoms with E-state index in [1.54, 1.807) is 0 Å². The van der Waals surface area contributed by atoms with E-state index in [2.05, 4.69) is 30.3 Å². The van der Waals surface area contributed by atoms with Crippen LogP contribution >= 0.6 is 0 Å². The monoisotopic (exact) mass is 241 g/mol. The van der Waals surface area contributed by atoms with Crippen LogP contribution in [0.5, 0.6) is 0 Å². The minimum Gasteiger partial charge on any atom is -0.396 e. The van der Waals surface area contributed by atoms with Gasteiger partial charge in [-0.25, -0.2) is 0 Å². The average molecular weight is 241 g/mol. The summed E-state index contributed by atoms with van der Waals surface area (Å²) in [6.45, 7) is 0.195. The Hall–Kier alpha value is -1.38. The highest BCUT2D eigenvalue weighted by molar-refractivity contribution is 5.83. The van der Waals surface area contributed by atoms with Crippen LogP contribution in [0, 0.1) is 5.41 Å². The molecule has 0 spiro atoms. The fourth-order valence-corrected chi connectivity index (χ4v) is 2.95. The molecule has 18 heavy (non-hydrogen) atoms. The summed E-state index contributed by atoms with van der Waals surface area (Å²) in [7, 11) is 0. The molecule has 3 N–H and O–H groups in total. The zero-order valence-electron chi connectivity index (χ0n) is 10.5. The highest BCUT2D eigenvalue weighted by atomic mass is 16.3. The molecule has 0 radical (unpaired) electrons. The van der Waals surface area contributed by atoms with Gasteiger partial charge in [0.25, 0.3) is 0 Å². The average Bonchev–Trinajstić information content (AvgIpc) is 2.37. The van der Waals surface area contributed by atoms with E-state index in [9.17, 15) is 5.11 Å². The molecule has 2 aromatic rings. The van der Waals surface area contributed by atoms with Crippen molar-refractivity contribution in [1.82, 2.24) is 0 Å². The third-order valence-electron chi connectivity index (χ3n) is 4.46. The zero-order chi connectivity index (χ0) is 12.6. The Labute approximate surface area is 107 Å². The van der Waals surface area contributed by atoms with E-state index in [-0.39, 0.29) is 18.1 Å². The molecular formula is C16H19NO. The first-order chi connectivity index (χ1) is 8.75. The summed E-state index contributed by atoms with van der Waals surface area (Å²) in [6.07, 6.45) is 3.26. The van der Waals surface area contributed by atoms with Crippen LogP contribution < -0.4 is 5.73 Å². The molecule has 0 heterocycles. The Morgan fingerprint density at radius 1 is 1.11 bits per heavy atom. The first kappa shape index (κ1) is 11.7. The Balaban J connectivity index is 1.98. The fraction of sp³-hybridized carbons (Fsp3) is 0.375. The lowest BCUT2D eigenvalue weighted by molar-refractivity contribution is 0.0184. The van der Waals surface area contributed by atoms with E-state index in [0.29, 0.717) is 0 Å². The van der Waals surface area contributed by atoms with Gasteiger partial charge in [0.1, 0.15) is 0 Å². The van der Waals surface area contributed by atoms with Crippen molar-refractivity contribution in [2.45, 2.75) is 25.3 Å². The van der Waals surface area contributed by atoms with Gasteiger partial charge in [-0.3, -0.25) is 0 Å². The fourth-order valence-electron chi connectivity index (χ4n) is 2.95. The molecule has 0 amide bonds. The first-order valence-corrected chi connectivity index (χ1v) is 6.60. The standard InChI is InChI=1S/C16H19NO/c17-15(16(11-18)8-3-9-16)14-7-6-12-4-1-2-5-13(12)10-14/h1-2,4-7,10,15,18H,3,8-9,11,17H2. The van der Waals surface area contributed by atoms with E-state index in [4.69, 9.17) is 5.73 Å². The highest BCUT2D eigenvalue weighted by Crippen LogP contribution is 2.48. The molecule has 0 aromatic heterocycles. The molecule has 0 aliphatic heterocycles. The quantitative estimate of drug-likeness (QED) is 0.867. The smallest absolute Gasteiger partial charge is 0.0505 e. The lowest BCUT2D eigenvalue weighted by Crippen LogP contribution is -2.43. The zero-order valence-corrected chi connectivity index (χ0v) is 10.5. The Bertz CT molecular complexity index is 554. The summed E-state index contributed by atoms with van der Waals surface area (Å²) in [6, 6.07) is 14.6. The molecule has 0 bridgehead atoms. The SMILES string of the molecule is NC(c1ccc2ccccc2c1)C1(CO)CCC1. The molecule has 1 fully saturated rings.